The van der Waals surface area contributed by atoms with E-state index in [-0.39, 0.29) is 0 Å². The number of ether oxygens (including phenoxy) is 1. The van der Waals surface area contributed by atoms with Crippen molar-refractivity contribution in [1.29, 1.82) is 0 Å². The molecule has 2 heteroatoms. The molecule has 0 heterocycles. The summed E-state index contributed by atoms with van der Waals surface area (Å²) in [6.07, 6.45) is 0. The van der Waals surface area contributed by atoms with E-state index < -0.39 is 0 Å². The van der Waals surface area contributed by atoms with Crippen molar-refractivity contribution in [3.8, 4) is 5.75 Å². The predicted molar refractivity (Wildman–Crippen MR) is 83.9 cm³/mol. The second kappa shape index (κ2) is 7.11. The van der Waals surface area contributed by atoms with Crippen LogP contribution in [0, 0.1) is 6.92 Å². The molecule has 0 unspecified atom stereocenters. The van der Waals surface area contributed by atoms with Crippen LogP contribution < -0.4 is 10.1 Å². The first-order valence-corrected chi connectivity index (χ1v) is 7.14. The lowest BCUT2D eigenvalue weighted by molar-refractivity contribution is 0.306. The molecule has 0 amide bonds. The van der Waals surface area contributed by atoms with Gasteiger partial charge in [0.15, 0.2) is 0 Å². The highest BCUT2D eigenvalue weighted by Crippen LogP contribution is 2.15. The molecule has 0 saturated heterocycles. The molecule has 0 radical (unpaired) electrons. The maximum absolute atomic E-state index is 5.83. The van der Waals surface area contributed by atoms with Crippen molar-refractivity contribution in [2.75, 3.05) is 0 Å². The van der Waals surface area contributed by atoms with Gasteiger partial charge in [-0.25, -0.2) is 0 Å². The smallest absolute Gasteiger partial charge is 0.120 e. The van der Waals surface area contributed by atoms with E-state index in [4.69, 9.17) is 4.74 Å². The SMILES string of the molecule is Cc1cccc(OCc2cccc(CNC(C)C)c2)c1. The Labute approximate surface area is 121 Å². The zero-order valence-corrected chi connectivity index (χ0v) is 12.5. The lowest BCUT2D eigenvalue weighted by Gasteiger charge is -2.10. The van der Waals surface area contributed by atoms with Crippen LogP contribution in [0.1, 0.15) is 30.5 Å². The van der Waals surface area contributed by atoms with Crippen LogP contribution in [0.5, 0.6) is 5.75 Å². The summed E-state index contributed by atoms with van der Waals surface area (Å²) >= 11 is 0. The first-order chi connectivity index (χ1) is 9.63. The van der Waals surface area contributed by atoms with Gasteiger partial charge in [0.1, 0.15) is 12.4 Å². The molecule has 0 aliphatic rings. The van der Waals surface area contributed by atoms with E-state index in [0.717, 1.165) is 12.3 Å². The molecule has 0 aliphatic heterocycles. The van der Waals surface area contributed by atoms with Crippen LogP contribution in [0.2, 0.25) is 0 Å². The number of rotatable bonds is 6. The third-order valence-electron chi connectivity index (χ3n) is 3.10. The molecule has 0 spiro atoms. The molecule has 0 aliphatic carbocycles. The van der Waals surface area contributed by atoms with E-state index in [2.05, 4.69) is 62.5 Å². The van der Waals surface area contributed by atoms with Crippen molar-refractivity contribution in [2.24, 2.45) is 0 Å². The van der Waals surface area contributed by atoms with E-state index in [1.165, 1.54) is 16.7 Å². The van der Waals surface area contributed by atoms with Gasteiger partial charge in [0.25, 0.3) is 0 Å². The first-order valence-electron chi connectivity index (χ1n) is 7.14. The molecule has 0 atom stereocenters. The number of nitrogens with one attached hydrogen (secondary N) is 1. The van der Waals surface area contributed by atoms with Crippen molar-refractivity contribution >= 4 is 0 Å². The number of hydrogen-bond donors (Lipinski definition) is 1. The van der Waals surface area contributed by atoms with Gasteiger partial charge in [0.05, 0.1) is 0 Å². The van der Waals surface area contributed by atoms with Crippen molar-refractivity contribution in [3.05, 3.63) is 65.2 Å². The Morgan fingerprint density at radius 3 is 2.50 bits per heavy atom. The second-order valence-electron chi connectivity index (χ2n) is 5.46. The molecule has 20 heavy (non-hydrogen) atoms. The van der Waals surface area contributed by atoms with Gasteiger partial charge in [-0.1, -0.05) is 50.2 Å². The number of aryl methyl sites for hydroxylation is 1. The van der Waals surface area contributed by atoms with Crippen molar-refractivity contribution < 1.29 is 4.74 Å². The Bertz CT molecular complexity index is 549. The van der Waals surface area contributed by atoms with Crippen LogP contribution in [0.15, 0.2) is 48.5 Å². The fraction of sp³-hybridized carbons (Fsp3) is 0.333. The summed E-state index contributed by atoms with van der Waals surface area (Å²) in [6, 6.07) is 17.2. The normalized spacial score (nSPS) is 10.8. The minimum Gasteiger partial charge on any atom is -0.489 e. The highest BCUT2D eigenvalue weighted by Gasteiger charge is 1.99. The number of benzene rings is 2. The lowest BCUT2D eigenvalue weighted by atomic mass is 10.1. The molecule has 2 rings (SSSR count). The van der Waals surface area contributed by atoms with Crippen molar-refractivity contribution in [2.45, 2.75) is 40.0 Å². The summed E-state index contributed by atoms with van der Waals surface area (Å²) in [5, 5.41) is 3.43. The maximum Gasteiger partial charge on any atom is 0.120 e. The Hall–Kier alpha value is -1.80. The summed E-state index contributed by atoms with van der Waals surface area (Å²) in [5.41, 5.74) is 3.72. The van der Waals surface area contributed by atoms with Crippen molar-refractivity contribution in [1.82, 2.24) is 5.32 Å². The summed E-state index contributed by atoms with van der Waals surface area (Å²) < 4.78 is 5.83. The van der Waals surface area contributed by atoms with Gasteiger partial charge in [-0.2, -0.15) is 0 Å². The standard InChI is InChI=1S/C18H23NO/c1-14(2)19-12-16-7-5-8-17(11-16)13-20-18-9-4-6-15(3)10-18/h4-11,14,19H,12-13H2,1-3H3. The van der Waals surface area contributed by atoms with E-state index in [9.17, 15) is 0 Å². The molecular weight excluding hydrogens is 246 g/mol. The number of hydrogen-bond acceptors (Lipinski definition) is 2. The Kier molecular flexibility index (Phi) is 5.19. The van der Waals surface area contributed by atoms with Gasteiger partial charge >= 0.3 is 0 Å². The highest BCUT2D eigenvalue weighted by atomic mass is 16.5. The van der Waals surface area contributed by atoms with E-state index in [0.29, 0.717) is 12.6 Å². The quantitative estimate of drug-likeness (QED) is 0.853. The summed E-state index contributed by atoms with van der Waals surface area (Å²) in [5.74, 6) is 0.927. The van der Waals surface area contributed by atoms with Gasteiger partial charge in [-0.3, -0.25) is 0 Å². The molecule has 1 N–H and O–H groups in total. The molecule has 0 bridgehead atoms. The van der Waals surface area contributed by atoms with E-state index in [1.54, 1.807) is 0 Å². The maximum atomic E-state index is 5.83. The predicted octanol–water partition coefficient (Wildman–Crippen LogP) is 4.07. The molecular formula is C18H23NO. The Balaban J connectivity index is 1.94. The van der Waals surface area contributed by atoms with Gasteiger partial charge in [-0.05, 0) is 35.7 Å². The molecule has 2 aromatic rings. The fourth-order valence-electron chi connectivity index (χ4n) is 2.02. The van der Waals surface area contributed by atoms with Crippen LogP contribution in [0.4, 0.5) is 0 Å². The van der Waals surface area contributed by atoms with Gasteiger partial charge in [0, 0.05) is 12.6 Å². The van der Waals surface area contributed by atoms with Gasteiger partial charge < -0.3 is 10.1 Å². The third kappa shape index (κ3) is 4.71. The van der Waals surface area contributed by atoms with Crippen molar-refractivity contribution in [3.63, 3.8) is 0 Å². The Morgan fingerprint density at radius 1 is 1.00 bits per heavy atom. The monoisotopic (exact) mass is 269 g/mol. The summed E-state index contributed by atoms with van der Waals surface area (Å²) in [7, 11) is 0. The van der Waals surface area contributed by atoms with Gasteiger partial charge in [-0.15, -0.1) is 0 Å². The van der Waals surface area contributed by atoms with E-state index >= 15 is 0 Å². The zero-order valence-electron chi connectivity index (χ0n) is 12.5. The molecule has 0 saturated carbocycles. The second-order valence-corrected chi connectivity index (χ2v) is 5.46. The van der Waals surface area contributed by atoms with Crippen LogP contribution in [0.3, 0.4) is 0 Å². The largest absolute Gasteiger partial charge is 0.489 e. The highest BCUT2D eigenvalue weighted by molar-refractivity contribution is 5.28. The van der Waals surface area contributed by atoms with E-state index in [1.807, 2.05) is 12.1 Å². The summed E-state index contributed by atoms with van der Waals surface area (Å²) in [4.78, 5) is 0. The fourth-order valence-corrected chi connectivity index (χ4v) is 2.02. The molecule has 106 valence electrons. The average molecular weight is 269 g/mol. The molecule has 0 aromatic heterocycles. The molecule has 2 aromatic carbocycles. The van der Waals surface area contributed by atoms with Crippen LogP contribution >= 0.6 is 0 Å². The van der Waals surface area contributed by atoms with Crippen LogP contribution in [-0.2, 0) is 13.2 Å². The minimum absolute atomic E-state index is 0.502. The molecule has 0 fully saturated rings. The topological polar surface area (TPSA) is 21.3 Å². The lowest BCUT2D eigenvalue weighted by Crippen LogP contribution is -2.21. The average Bonchev–Trinajstić information content (AvgIpc) is 2.43. The third-order valence-corrected chi connectivity index (χ3v) is 3.10. The zero-order chi connectivity index (χ0) is 14.4. The van der Waals surface area contributed by atoms with Crippen LogP contribution in [-0.4, -0.2) is 6.04 Å². The Morgan fingerprint density at radius 2 is 1.75 bits per heavy atom. The van der Waals surface area contributed by atoms with Gasteiger partial charge in [0.2, 0.25) is 0 Å². The van der Waals surface area contributed by atoms with Crippen LogP contribution in [0.25, 0.3) is 0 Å². The first kappa shape index (κ1) is 14.6. The molecule has 2 nitrogen and oxygen atoms in total. The minimum atomic E-state index is 0.502. The summed E-state index contributed by atoms with van der Waals surface area (Å²) in [6.45, 7) is 7.90.